The molecule has 7 nitrogen and oxygen atoms in total. The fourth-order valence-corrected chi connectivity index (χ4v) is 1.34. The lowest BCUT2D eigenvalue weighted by Crippen LogP contribution is -2.28. The molecule has 0 spiro atoms. The van der Waals surface area contributed by atoms with Crippen LogP contribution in [0.25, 0.3) is 0 Å². The topological polar surface area (TPSA) is 97.2 Å². The van der Waals surface area contributed by atoms with E-state index in [1.165, 1.54) is 6.08 Å². The third kappa shape index (κ3) is 3.35. The van der Waals surface area contributed by atoms with Gasteiger partial charge in [0.1, 0.15) is 6.20 Å². The molecule has 0 atom stereocenters. The summed E-state index contributed by atoms with van der Waals surface area (Å²) in [6.07, 6.45) is 2.61. The van der Waals surface area contributed by atoms with Crippen LogP contribution in [0, 0.1) is 10.1 Å². The van der Waals surface area contributed by atoms with Crippen molar-refractivity contribution in [1.29, 1.82) is 0 Å². The van der Waals surface area contributed by atoms with E-state index in [1.807, 2.05) is 0 Å². The highest BCUT2D eigenvalue weighted by Gasteiger charge is 2.12. The van der Waals surface area contributed by atoms with Gasteiger partial charge >= 0.3 is 11.0 Å². The Balaban J connectivity index is 2.53. The molecule has 0 fully saturated rings. The third-order valence-electron chi connectivity index (χ3n) is 1.30. The summed E-state index contributed by atoms with van der Waals surface area (Å²) in [4.78, 5) is 24.5. The smallest absolute Gasteiger partial charge is 0.334 e. The highest BCUT2D eigenvalue weighted by Crippen LogP contribution is 2.24. The molecule has 2 amide bonds. The summed E-state index contributed by atoms with van der Waals surface area (Å²) in [5.41, 5.74) is 0. The molecule has 0 aromatic carbocycles. The van der Waals surface area contributed by atoms with Gasteiger partial charge in [-0.05, 0) is 11.3 Å². The monoisotopic (exact) mass is 228 g/mol. The molecule has 1 aromatic heterocycles. The highest BCUT2D eigenvalue weighted by molar-refractivity contribution is 7.18. The lowest BCUT2D eigenvalue weighted by Gasteiger charge is -2.00. The van der Waals surface area contributed by atoms with Crippen LogP contribution in [0.2, 0.25) is 0 Å². The second kappa shape index (κ2) is 5.05. The quantitative estimate of drug-likeness (QED) is 0.462. The van der Waals surface area contributed by atoms with Gasteiger partial charge < -0.3 is 5.32 Å². The van der Waals surface area contributed by atoms with E-state index in [9.17, 15) is 14.9 Å². The van der Waals surface area contributed by atoms with Crippen LogP contribution in [0.5, 0.6) is 0 Å². The Morgan fingerprint density at radius 2 is 2.53 bits per heavy atom. The minimum absolute atomic E-state index is 0.117. The van der Waals surface area contributed by atoms with Crippen LogP contribution in [-0.4, -0.2) is 22.5 Å². The molecule has 15 heavy (non-hydrogen) atoms. The van der Waals surface area contributed by atoms with Crippen LogP contribution < -0.4 is 10.6 Å². The maximum atomic E-state index is 11.1. The van der Waals surface area contributed by atoms with Crippen molar-refractivity contribution in [3.05, 3.63) is 29.0 Å². The Labute approximate surface area is 89.0 Å². The maximum Gasteiger partial charge on any atom is 0.345 e. The highest BCUT2D eigenvalue weighted by atomic mass is 32.1. The van der Waals surface area contributed by atoms with Crippen LogP contribution in [0.15, 0.2) is 18.9 Å². The van der Waals surface area contributed by atoms with E-state index in [2.05, 4.69) is 22.2 Å². The van der Waals surface area contributed by atoms with Crippen molar-refractivity contribution in [2.45, 2.75) is 0 Å². The van der Waals surface area contributed by atoms with E-state index in [0.717, 1.165) is 17.5 Å². The van der Waals surface area contributed by atoms with E-state index in [-0.39, 0.29) is 10.1 Å². The molecule has 1 heterocycles. The largest absolute Gasteiger partial charge is 0.345 e. The molecule has 80 valence electrons. The number of thiazole rings is 1. The number of nitro groups is 1. The van der Waals surface area contributed by atoms with Gasteiger partial charge in [-0.2, -0.15) is 0 Å². The van der Waals surface area contributed by atoms with Gasteiger partial charge in [-0.15, -0.1) is 6.58 Å². The third-order valence-corrected chi connectivity index (χ3v) is 2.17. The SMILES string of the molecule is C=CCNC(=O)Nc1ncc([N+](=O)[O-])s1. The second-order valence-electron chi connectivity index (χ2n) is 2.38. The van der Waals surface area contributed by atoms with Crippen LogP contribution in [-0.2, 0) is 0 Å². The first-order valence-corrected chi connectivity index (χ1v) is 4.71. The number of nitrogens with one attached hydrogen (secondary N) is 2. The standard InChI is InChI=1S/C7H8N4O3S/c1-2-3-8-6(12)10-7-9-4-5(15-7)11(13)14/h2,4H,1,3H2,(H2,8,9,10,12). The van der Waals surface area contributed by atoms with Crippen molar-refractivity contribution < 1.29 is 9.72 Å². The summed E-state index contributed by atoms with van der Waals surface area (Å²) in [5.74, 6) is 0. The predicted molar refractivity (Wildman–Crippen MR) is 56.0 cm³/mol. The number of rotatable bonds is 4. The normalized spacial score (nSPS) is 9.33. The molecule has 0 radical (unpaired) electrons. The minimum atomic E-state index is -0.565. The van der Waals surface area contributed by atoms with Crippen LogP contribution in [0.3, 0.4) is 0 Å². The Kier molecular flexibility index (Phi) is 3.75. The van der Waals surface area contributed by atoms with Gasteiger partial charge in [-0.3, -0.25) is 15.4 Å². The van der Waals surface area contributed by atoms with E-state index >= 15 is 0 Å². The Morgan fingerprint density at radius 3 is 3.07 bits per heavy atom. The number of anilines is 1. The van der Waals surface area contributed by atoms with Gasteiger partial charge in [0.25, 0.3) is 0 Å². The molecule has 0 unspecified atom stereocenters. The van der Waals surface area contributed by atoms with Gasteiger partial charge in [-0.25, -0.2) is 9.78 Å². The van der Waals surface area contributed by atoms with Crippen molar-refractivity contribution in [2.24, 2.45) is 0 Å². The van der Waals surface area contributed by atoms with E-state index in [4.69, 9.17) is 0 Å². The lowest BCUT2D eigenvalue weighted by molar-refractivity contribution is -0.380. The summed E-state index contributed by atoms with van der Waals surface area (Å²) < 4.78 is 0. The van der Waals surface area contributed by atoms with Crippen molar-refractivity contribution in [3.8, 4) is 0 Å². The van der Waals surface area contributed by atoms with Gasteiger partial charge in [-0.1, -0.05) is 6.08 Å². The first-order chi connectivity index (χ1) is 7.13. The Hall–Kier alpha value is -1.96. The zero-order chi connectivity index (χ0) is 11.3. The van der Waals surface area contributed by atoms with Crippen molar-refractivity contribution in [2.75, 3.05) is 11.9 Å². The first-order valence-electron chi connectivity index (χ1n) is 3.89. The van der Waals surface area contributed by atoms with Crippen LogP contribution in [0.1, 0.15) is 0 Å². The number of hydrogen-bond acceptors (Lipinski definition) is 5. The number of urea groups is 1. The average Bonchev–Trinajstić information content (AvgIpc) is 2.63. The van der Waals surface area contributed by atoms with Crippen molar-refractivity contribution in [1.82, 2.24) is 10.3 Å². The maximum absolute atomic E-state index is 11.1. The fourth-order valence-electron chi connectivity index (χ4n) is 0.714. The molecule has 0 aliphatic heterocycles. The zero-order valence-corrected chi connectivity index (χ0v) is 8.41. The molecular weight excluding hydrogens is 220 g/mol. The molecule has 0 saturated carbocycles. The molecule has 1 rings (SSSR count). The number of amides is 2. The number of carbonyl (C=O) groups excluding carboxylic acids is 1. The molecule has 0 aliphatic carbocycles. The molecule has 0 bridgehead atoms. The fraction of sp³-hybridized carbons (Fsp3) is 0.143. The number of hydrogen-bond donors (Lipinski definition) is 2. The summed E-state index contributed by atoms with van der Waals surface area (Å²) in [6, 6.07) is -0.473. The molecule has 0 saturated heterocycles. The summed E-state index contributed by atoms with van der Waals surface area (Å²) >= 11 is 0.795. The number of nitrogens with zero attached hydrogens (tertiary/aromatic N) is 2. The molecule has 8 heteroatoms. The molecule has 0 aliphatic rings. The zero-order valence-electron chi connectivity index (χ0n) is 7.60. The van der Waals surface area contributed by atoms with Crippen LogP contribution >= 0.6 is 11.3 Å². The average molecular weight is 228 g/mol. The van der Waals surface area contributed by atoms with Gasteiger partial charge in [0.15, 0.2) is 5.13 Å². The van der Waals surface area contributed by atoms with Crippen LogP contribution in [0.4, 0.5) is 14.9 Å². The molecular formula is C7H8N4O3S. The number of aromatic nitrogens is 1. The Bertz CT molecular complexity index is 389. The Morgan fingerprint density at radius 1 is 1.80 bits per heavy atom. The minimum Gasteiger partial charge on any atom is -0.334 e. The first kappa shape index (κ1) is 11.1. The van der Waals surface area contributed by atoms with Gasteiger partial charge in [0, 0.05) is 6.54 Å². The second-order valence-corrected chi connectivity index (χ2v) is 3.39. The number of carbonyl (C=O) groups is 1. The van der Waals surface area contributed by atoms with Crippen molar-refractivity contribution in [3.63, 3.8) is 0 Å². The molecule has 2 N–H and O–H groups in total. The lowest BCUT2D eigenvalue weighted by atomic mass is 10.6. The summed E-state index contributed by atoms with van der Waals surface area (Å²) in [7, 11) is 0. The van der Waals surface area contributed by atoms with Crippen molar-refractivity contribution >= 4 is 27.5 Å². The van der Waals surface area contributed by atoms with Gasteiger partial charge in [0.2, 0.25) is 0 Å². The predicted octanol–water partition coefficient (Wildman–Crippen LogP) is 1.36. The van der Waals surface area contributed by atoms with E-state index in [1.54, 1.807) is 0 Å². The van der Waals surface area contributed by atoms with E-state index in [0.29, 0.717) is 6.54 Å². The van der Waals surface area contributed by atoms with Gasteiger partial charge in [0.05, 0.1) is 4.92 Å². The molecule has 1 aromatic rings. The summed E-state index contributed by atoms with van der Waals surface area (Å²) in [5, 5.41) is 15.2. The summed E-state index contributed by atoms with van der Waals surface area (Å²) in [6.45, 7) is 3.74. The van der Waals surface area contributed by atoms with E-state index < -0.39 is 11.0 Å².